The lowest BCUT2D eigenvalue weighted by Crippen LogP contribution is -2.30. The van der Waals surface area contributed by atoms with E-state index >= 15 is 0 Å². The van der Waals surface area contributed by atoms with Crippen LogP contribution in [0, 0.1) is 0 Å². The molecule has 0 bridgehead atoms. The Bertz CT molecular complexity index is 220. The molecule has 0 spiro atoms. The fraction of sp³-hybridized carbons (Fsp3) is 0.333. The first-order chi connectivity index (χ1) is 5.01. The van der Waals surface area contributed by atoms with Crippen molar-refractivity contribution in [2.75, 3.05) is 0 Å². The highest BCUT2D eigenvalue weighted by Gasteiger charge is 2.11. The highest BCUT2D eigenvalue weighted by atomic mass is 14.7. The minimum absolute atomic E-state index is 0.359. The summed E-state index contributed by atoms with van der Waals surface area (Å²) in [6.07, 6.45) is 7.65. The van der Waals surface area contributed by atoms with E-state index in [9.17, 15) is 0 Å². The molecule has 0 aromatic heterocycles. The monoisotopic (exact) mass is 150 g/mol. The molecule has 1 atom stereocenters. The fourth-order valence-electron chi connectivity index (χ4n) is 0.857. The highest BCUT2D eigenvalue weighted by Crippen LogP contribution is 2.13. The summed E-state index contributed by atoms with van der Waals surface area (Å²) in [5.41, 5.74) is 13.0. The molecule has 0 aromatic rings. The lowest BCUT2D eigenvalue weighted by molar-refractivity contribution is 0.735. The Labute approximate surface area is 67.3 Å². The maximum atomic E-state index is 5.85. The van der Waals surface area contributed by atoms with Gasteiger partial charge in [0, 0.05) is 5.70 Å². The molecule has 1 unspecified atom stereocenters. The summed E-state index contributed by atoms with van der Waals surface area (Å²) in [5, 5.41) is 0. The van der Waals surface area contributed by atoms with Gasteiger partial charge in [-0.15, -0.1) is 0 Å². The standard InChI is InChI=1S/C9H14N2/c1-7-3-5-9(2,11)6-4-8(7)10/h3-6H,10-11H2,1-2H3. The van der Waals surface area contributed by atoms with Crippen LogP contribution in [0.2, 0.25) is 0 Å². The molecule has 1 aliphatic carbocycles. The van der Waals surface area contributed by atoms with Crippen LogP contribution < -0.4 is 11.5 Å². The maximum absolute atomic E-state index is 5.85. The highest BCUT2D eigenvalue weighted by molar-refractivity contribution is 5.37. The van der Waals surface area contributed by atoms with Gasteiger partial charge >= 0.3 is 0 Å². The van der Waals surface area contributed by atoms with Crippen LogP contribution in [0.3, 0.4) is 0 Å². The van der Waals surface area contributed by atoms with Gasteiger partial charge in [-0.25, -0.2) is 0 Å². The first-order valence-corrected chi connectivity index (χ1v) is 3.65. The Balaban J connectivity index is 3.01. The third kappa shape index (κ3) is 1.95. The second-order valence-electron chi connectivity index (χ2n) is 3.17. The average molecular weight is 150 g/mol. The Kier molecular flexibility index (Phi) is 1.87. The molecular formula is C9H14N2. The van der Waals surface area contributed by atoms with Crippen LogP contribution >= 0.6 is 0 Å². The molecule has 0 radical (unpaired) electrons. The molecule has 0 aromatic carbocycles. The Hall–Kier alpha value is -1.02. The van der Waals surface area contributed by atoms with Crippen molar-refractivity contribution >= 4 is 0 Å². The topological polar surface area (TPSA) is 52.0 Å². The zero-order valence-electron chi connectivity index (χ0n) is 6.96. The van der Waals surface area contributed by atoms with Crippen molar-refractivity contribution in [3.63, 3.8) is 0 Å². The van der Waals surface area contributed by atoms with E-state index in [-0.39, 0.29) is 5.54 Å². The molecule has 1 aliphatic rings. The maximum Gasteiger partial charge on any atom is 0.0503 e. The Morgan fingerprint density at radius 1 is 1.27 bits per heavy atom. The van der Waals surface area contributed by atoms with E-state index in [1.165, 1.54) is 0 Å². The Morgan fingerprint density at radius 2 is 1.82 bits per heavy atom. The van der Waals surface area contributed by atoms with E-state index in [0.29, 0.717) is 0 Å². The minimum Gasteiger partial charge on any atom is -0.399 e. The van der Waals surface area contributed by atoms with E-state index in [1.807, 2.05) is 38.2 Å². The zero-order chi connectivity index (χ0) is 8.48. The zero-order valence-corrected chi connectivity index (χ0v) is 6.96. The second-order valence-corrected chi connectivity index (χ2v) is 3.17. The average Bonchev–Trinajstić information content (AvgIpc) is 2.03. The third-order valence-electron chi connectivity index (χ3n) is 1.77. The van der Waals surface area contributed by atoms with E-state index in [1.54, 1.807) is 0 Å². The van der Waals surface area contributed by atoms with Gasteiger partial charge in [0.15, 0.2) is 0 Å². The van der Waals surface area contributed by atoms with Crippen molar-refractivity contribution in [3.05, 3.63) is 35.6 Å². The van der Waals surface area contributed by atoms with Crippen LogP contribution in [0.25, 0.3) is 0 Å². The largest absolute Gasteiger partial charge is 0.399 e. The van der Waals surface area contributed by atoms with Gasteiger partial charge in [0.05, 0.1) is 5.54 Å². The number of hydrogen-bond donors (Lipinski definition) is 2. The van der Waals surface area contributed by atoms with Crippen molar-refractivity contribution in [1.82, 2.24) is 0 Å². The van der Waals surface area contributed by atoms with Crippen molar-refractivity contribution in [2.45, 2.75) is 19.4 Å². The van der Waals surface area contributed by atoms with Gasteiger partial charge in [-0.05, 0) is 25.5 Å². The SMILES string of the molecule is CC1=C(N)C=CC(C)(N)C=C1. The predicted octanol–water partition coefficient (Wildman–Crippen LogP) is 1.06. The van der Waals surface area contributed by atoms with Crippen molar-refractivity contribution in [2.24, 2.45) is 11.5 Å². The Morgan fingerprint density at radius 3 is 2.45 bits per heavy atom. The molecule has 0 saturated carbocycles. The van der Waals surface area contributed by atoms with E-state index in [0.717, 1.165) is 11.3 Å². The summed E-state index contributed by atoms with van der Waals surface area (Å²) in [6.45, 7) is 3.91. The normalized spacial score (nSPS) is 30.8. The van der Waals surface area contributed by atoms with Crippen LogP contribution in [0.5, 0.6) is 0 Å². The van der Waals surface area contributed by atoms with Crippen LogP contribution in [0.4, 0.5) is 0 Å². The summed E-state index contributed by atoms with van der Waals surface area (Å²) in [7, 11) is 0. The number of rotatable bonds is 0. The quantitative estimate of drug-likeness (QED) is 0.542. The molecule has 0 fully saturated rings. The van der Waals surface area contributed by atoms with Crippen molar-refractivity contribution < 1.29 is 0 Å². The molecule has 0 heterocycles. The first kappa shape index (κ1) is 8.08. The summed E-state index contributed by atoms with van der Waals surface area (Å²) in [6, 6.07) is 0. The number of hydrogen-bond acceptors (Lipinski definition) is 2. The van der Waals surface area contributed by atoms with Gasteiger partial charge in [-0.2, -0.15) is 0 Å². The van der Waals surface area contributed by atoms with Crippen LogP contribution in [-0.2, 0) is 0 Å². The van der Waals surface area contributed by atoms with E-state index in [2.05, 4.69) is 0 Å². The van der Waals surface area contributed by atoms with Gasteiger partial charge < -0.3 is 11.5 Å². The predicted molar refractivity (Wildman–Crippen MR) is 47.8 cm³/mol. The van der Waals surface area contributed by atoms with E-state index in [4.69, 9.17) is 11.5 Å². The van der Waals surface area contributed by atoms with Gasteiger partial charge in [0.1, 0.15) is 0 Å². The van der Waals surface area contributed by atoms with Gasteiger partial charge in [0.25, 0.3) is 0 Å². The molecule has 1 rings (SSSR count). The molecule has 0 saturated heterocycles. The minimum atomic E-state index is -0.359. The second kappa shape index (κ2) is 2.55. The van der Waals surface area contributed by atoms with E-state index < -0.39 is 0 Å². The molecule has 11 heavy (non-hydrogen) atoms. The smallest absolute Gasteiger partial charge is 0.0503 e. The van der Waals surface area contributed by atoms with Gasteiger partial charge in [-0.1, -0.05) is 18.2 Å². The summed E-state index contributed by atoms with van der Waals surface area (Å²) in [5.74, 6) is 0. The lowest BCUT2D eigenvalue weighted by atomic mass is 10.0. The fourth-order valence-corrected chi connectivity index (χ4v) is 0.857. The molecule has 0 amide bonds. The van der Waals surface area contributed by atoms with Crippen LogP contribution in [0.15, 0.2) is 35.6 Å². The van der Waals surface area contributed by atoms with Crippen LogP contribution in [0.1, 0.15) is 13.8 Å². The van der Waals surface area contributed by atoms with Crippen LogP contribution in [-0.4, -0.2) is 5.54 Å². The van der Waals surface area contributed by atoms with Crippen molar-refractivity contribution in [3.8, 4) is 0 Å². The summed E-state index contributed by atoms with van der Waals surface area (Å²) in [4.78, 5) is 0. The number of allylic oxidation sites excluding steroid dienone is 3. The molecule has 0 aliphatic heterocycles. The molecule has 60 valence electrons. The van der Waals surface area contributed by atoms with Gasteiger partial charge in [-0.3, -0.25) is 0 Å². The summed E-state index contributed by atoms with van der Waals surface area (Å²) >= 11 is 0. The number of nitrogens with two attached hydrogens (primary N) is 2. The lowest BCUT2D eigenvalue weighted by Gasteiger charge is -2.12. The molecule has 2 nitrogen and oxygen atoms in total. The first-order valence-electron chi connectivity index (χ1n) is 3.65. The summed E-state index contributed by atoms with van der Waals surface area (Å²) < 4.78 is 0. The van der Waals surface area contributed by atoms with Gasteiger partial charge in [0.2, 0.25) is 0 Å². The molecule has 4 N–H and O–H groups in total. The molecule has 2 heteroatoms. The third-order valence-corrected chi connectivity index (χ3v) is 1.77. The van der Waals surface area contributed by atoms with Crippen molar-refractivity contribution in [1.29, 1.82) is 0 Å². The molecular weight excluding hydrogens is 136 g/mol.